The zero-order chi connectivity index (χ0) is 7.99. The van der Waals surface area contributed by atoms with Crippen LogP contribution in [0, 0.1) is 0 Å². The van der Waals surface area contributed by atoms with Crippen molar-refractivity contribution in [1.82, 2.24) is 4.31 Å². The summed E-state index contributed by atoms with van der Waals surface area (Å²) in [4.78, 5) is 0. The summed E-state index contributed by atoms with van der Waals surface area (Å²) < 4.78 is 44.9. The molecular formula is C3H4ClF2NO2S. The highest BCUT2D eigenvalue weighted by molar-refractivity contribution is 8.11. The van der Waals surface area contributed by atoms with Gasteiger partial charge in [-0.25, -0.2) is 8.78 Å². The van der Waals surface area contributed by atoms with Gasteiger partial charge in [-0.2, -0.15) is 12.7 Å². The summed E-state index contributed by atoms with van der Waals surface area (Å²) in [7, 11) is 0.816. The predicted octanol–water partition coefficient (Wildman–Crippen LogP) is 0.421. The van der Waals surface area contributed by atoms with E-state index in [9.17, 15) is 17.2 Å². The normalized spacial score (nSPS) is 25.9. The van der Waals surface area contributed by atoms with Crippen LogP contribution in [0.1, 0.15) is 0 Å². The van der Waals surface area contributed by atoms with E-state index in [4.69, 9.17) is 10.7 Å². The van der Waals surface area contributed by atoms with Gasteiger partial charge in [0.2, 0.25) is 0 Å². The number of alkyl halides is 2. The van der Waals surface area contributed by atoms with Crippen molar-refractivity contribution in [3.05, 3.63) is 0 Å². The molecule has 1 aliphatic rings. The molecule has 0 aromatic carbocycles. The van der Waals surface area contributed by atoms with Gasteiger partial charge in [-0.3, -0.25) is 0 Å². The fraction of sp³-hybridized carbons (Fsp3) is 1.00. The summed E-state index contributed by atoms with van der Waals surface area (Å²) >= 11 is 0. The van der Waals surface area contributed by atoms with Crippen molar-refractivity contribution in [1.29, 1.82) is 0 Å². The molecule has 0 aromatic heterocycles. The largest absolute Gasteiger partial charge is 0.300 e. The third-order valence-corrected chi connectivity index (χ3v) is 2.58. The van der Waals surface area contributed by atoms with E-state index < -0.39 is 28.2 Å². The Balaban J connectivity index is 2.57. The first-order valence-electron chi connectivity index (χ1n) is 2.39. The zero-order valence-electron chi connectivity index (χ0n) is 4.72. The lowest BCUT2D eigenvalue weighted by atomic mass is 10.2. The van der Waals surface area contributed by atoms with E-state index in [1.807, 2.05) is 0 Å². The van der Waals surface area contributed by atoms with Crippen LogP contribution in [-0.4, -0.2) is 31.7 Å². The van der Waals surface area contributed by atoms with Gasteiger partial charge in [0.25, 0.3) is 15.2 Å². The standard InChI is InChI=1S/C3H4ClF2NO2S/c4-10(8,9)7-1-3(5,6)2-7/h1-2H2. The third kappa shape index (κ3) is 1.56. The first kappa shape index (κ1) is 8.16. The van der Waals surface area contributed by atoms with E-state index in [1.165, 1.54) is 0 Å². The van der Waals surface area contributed by atoms with Crippen LogP contribution in [-0.2, 0) is 9.24 Å². The summed E-state index contributed by atoms with van der Waals surface area (Å²) in [5.41, 5.74) is 0. The Morgan fingerprint density at radius 3 is 1.90 bits per heavy atom. The molecule has 0 aromatic rings. The average molecular weight is 192 g/mol. The van der Waals surface area contributed by atoms with Crippen molar-refractivity contribution in [3.8, 4) is 0 Å². The number of rotatable bonds is 1. The van der Waals surface area contributed by atoms with Crippen LogP contribution in [0.15, 0.2) is 0 Å². The Morgan fingerprint density at radius 1 is 1.40 bits per heavy atom. The number of nitrogens with zero attached hydrogens (tertiary/aromatic N) is 1. The van der Waals surface area contributed by atoms with Gasteiger partial charge < -0.3 is 0 Å². The van der Waals surface area contributed by atoms with Crippen LogP contribution in [0.4, 0.5) is 8.78 Å². The quantitative estimate of drug-likeness (QED) is 0.564. The van der Waals surface area contributed by atoms with Crippen molar-refractivity contribution in [2.75, 3.05) is 13.1 Å². The minimum atomic E-state index is -3.91. The number of halogens is 3. The minimum absolute atomic E-state index is 0.508. The van der Waals surface area contributed by atoms with Gasteiger partial charge in [-0.05, 0) is 0 Å². The molecule has 0 saturated carbocycles. The molecule has 0 atom stereocenters. The Hall–Kier alpha value is 0.0600. The lowest BCUT2D eigenvalue weighted by Gasteiger charge is -2.35. The second-order valence-electron chi connectivity index (χ2n) is 2.07. The second-order valence-corrected chi connectivity index (χ2v) is 4.58. The van der Waals surface area contributed by atoms with Crippen molar-refractivity contribution in [2.45, 2.75) is 5.92 Å². The molecule has 60 valence electrons. The van der Waals surface area contributed by atoms with Gasteiger partial charge in [-0.15, -0.1) is 0 Å². The van der Waals surface area contributed by atoms with Crippen molar-refractivity contribution in [3.63, 3.8) is 0 Å². The SMILES string of the molecule is O=S(=O)(Cl)N1CC(F)(F)C1. The molecule has 10 heavy (non-hydrogen) atoms. The molecule has 0 radical (unpaired) electrons. The Kier molecular flexibility index (Phi) is 1.65. The summed E-state index contributed by atoms with van der Waals surface area (Å²) in [6.45, 7) is -1.59. The Bertz CT molecular complexity index is 231. The van der Waals surface area contributed by atoms with Crippen LogP contribution < -0.4 is 0 Å². The maximum Gasteiger partial charge on any atom is 0.300 e. The highest BCUT2D eigenvalue weighted by atomic mass is 35.7. The number of hydrogen-bond acceptors (Lipinski definition) is 2. The Labute approximate surface area is 61.1 Å². The molecule has 1 aliphatic heterocycles. The van der Waals surface area contributed by atoms with E-state index >= 15 is 0 Å². The second kappa shape index (κ2) is 2.02. The maximum absolute atomic E-state index is 12.0. The minimum Gasteiger partial charge on any atom is -0.204 e. The van der Waals surface area contributed by atoms with Gasteiger partial charge >= 0.3 is 0 Å². The van der Waals surface area contributed by atoms with Crippen molar-refractivity contribution < 1.29 is 17.2 Å². The highest BCUT2D eigenvalue weighted by Gasteiger charge is 2.48. The molecule has 1 rings (SSSR count). The summed E-state index contributed by atoms with van der Waals surface area (Å²) in [6.07, 6.45) is 0. The third-order valence-electron chi connectivity index (χ3n) is 1.12. The van der Waals surface area contributed by atoms with Crippen molar-refractivity contribution >= 4 is 19.9 Å². The highest BCUT2D eigenvalue weighted by Crippen LogP contribution is 2.30. The summed E-state index contributed by atoms with van der Waals surface area (Å²) in [6, 6.07) is 0. The molecule has 1 heterocycles. The monoisotopic (exact) mass is 191 g/mol. The predicted molar refractivity (Wildman–Crippen MR) is 31.3 cm³/mol. The van der Waals surface area contributed by atoms with Gasteiger partial charge in [0.1, 0.15) is 0 Å². The molecule has 1 saturated heterocycles. The zero-order valence-corrected chi connectivity index (χ0v) is 6.29. The molecule has 7 heteroatoms. The molecular weight excluding hydrogens is 188 g/mol. The fourth-order valence-electron chi connectivity index (χ4n) is 0.624. The van der Waals surface area contributed by atoms with E-state index in [2.05, 4.69) is 0 Å². The van der Waals surface area contributed by atoms with E-state index in [-0.39, 0.29) is 0 Å². The van der Waals surface area contributed by atoms with Crippen LogP contribution in [0.3, 0.4) is 0 Å². The molecule has 1 fully saturated rings. The van der Waals surface area contributed by atoms with Crippen LogP contribution in [0.5, 0.6) is 0 Å². The van der Waals surface area contributed by atoms with E-state index in [0.717, 1.165) is 0 Å². The molecule has 0 spiro atoms. The fourth-order valence-corrected chi connectivity index (χ4v) is 1.60. The topological polar surface area (TPSA) is 37.4 Å². The lowest BCUT2D eigenvalue weighted by Crippen LogP contribution is -2.56. The molecule has 0 bridgehead atoms. The Morgan fingerprint density at radius 2 is 1.80 bits per heavy atom. The molecule has 3 nitrogen and oxygen atoms in total. The first-order chi connectivity index (χ1) is 4.31. The van der Waals surface area contributed by atoms with E-state index in [1.54, 1.807) is 0 Å². The molecule has 0 unspecified atom stereocenters. The van der Waals surface area contributed by atoms with Crippen LogP contribution in [0.2, 0.25) is 0 Å². The van der Waals surface area contributed by atoms with Crippen LogP contribution >= 0.6 is 10.7 Å². The maximum atomic E-state index is 12.0. The van der Waals surface area contributed by atoms with Crippen molar-refractivity contribution in [2.24, 2.45) is 0 Å². The lowest BCUT2D eigenvalue weighted by molar-refractivity contribution is -0.0936. The van der Waals surface area contributed by atoms with Crippen LogP contribution in [0.25, 0.3) is 0 Å². The van der Waals surface area contributed by atoms with Gasteiger partial charge in [0.05, 0.1) is 13.1 Å². The average Bonchev–Trinajstić information content (AvgIpc) is 1.56. The first-order valence-corrected chi connectivity index (χ1v) is 4.65. The smallest absolute Gasteiger partial charge is 0.204 e. The molecule has 0 N–H and O–H groups in total. The van der Waals surface area contributed by atoms with Gasteiger partial charge in [-0.1, -0.05) is 0 Å². The molecule has 0 amide bonds. The summed E-state index contributed by atoms with van der Waals surface area (Å²) in [5, 5.41) is 0. The summed E-state index contributed by atoms with van der Waals surface area (Å²) in [5.74, 6) is -2.89. The van der Waals surface area contributed by atoms with Gasteiger partial charge in [0, 0.05) is 10.7 Å². The molecule has 0 aliphatic carbocycles. The number of hydrogen-bond donors (Lipinski definition) is 0. The van der Waals surface area contributed by atoms with Gasteiger partial charge in [0.15, 0.2) is 0 Å². The van der Waals surface area contributed by atoms with E-state index in [0.29, 0.717) is 4.31 Å².